The fourth-order valence-corrected chi connectivity index (χ4v) is 2.98. The van der Waals surface area contributed by atoms with Gasteiger partial charge in [0, 0.05) is 40.4 Å². The Balaban J connectivity index is 1.48. The van der Waals surface area contributed by atoms with Crippen molar-refractivity contribution in [1.29, 1.82) is 0 Å². The van der Waals surface area contributed by atoms with E-state index in [9.17, 15) is 0 Å². The van der Waals surface area contributed by atoms with Gasteiger partial charge in [0.05, 0.1) is 38.6 Å². The van der Waals surface area contributed by atoms with E-state index in [0.717, 1.165) is 65.7 Å². The van der Waals surface area contributed by atoms with Crippen molar-refractivity contribution in [2.45, 2.75) is 37.9 Å². The SMILES string of the molecule is COCCN(CCCCCCN(CCOC)CC1CO1)CC1CO1. The second-order valence-corrected chi connectivity index (χ2v) is 6.91. The molecule has 2 atom stereocenters. The highest BCUT2D eigenvalue weighted by molar-refractivity contribution is 4.75. The molecule has 0 bridgehead atoms. The first-order valence-corrected chi connectivity index (χ1v) is 9.47. The van der Waals surface area contributed by atoms with Crippen LogP contribution in [0.1, 0.15) is 25.7 Å². The van der Waals surface area contributed by atoms with E-state index in [1.54, 1.807) is 14.2 Å². The van der Waals surface area contributed by atoms with Crippen molar-refractivity contribution < 1.29 is 18.9 Å². The summed E-state index contributed by atoms with van der Waals surface area (Å²) in [7, 11) is 3.54. The standard InChI is InChI=1S/C18H36N2O4/c1-21-11-9-19(13-17-15-23-17)7-5-3-4-6-8-20(10-12-22-2)14-18-16-24-18/h17-18H,3-16H2,1-2H3. The predicted octanol–water partition coefficient (Wildman–Crippen LogP) is 1.24. The maximum Gasteiger partial charge on any atom is 0.0936 e. The van der Waals surface area contributed by atoms with Gasteiger partial charge in [0.15, 0.2) is 0 Å². The molecule has 0 N–H and O–H groups in total. The molecule has 0 aromatic carbocycles. The van der Waals surface area contributed by atoms with Crippen molar-refractivity contribution >= 4 is 0 Å². The molecule has 2 rings (SSSR count). The molecule has 6 heteroatoms. The first-order chi connectivity index (χ1) is 11.8. The van der Waals surface area contributed by atoms with Gasteiger partial charge in [-0.15, -0.1) is 0 Å². The molecule has 2 fully saturated rings. The maximum atomic E-state index is 5.35. The molecule has 0 amide bonds. The van der Waals surface area contributed by atoms with Crippen LogP contribution < -0.4 is 0 Å². The normalized spacial score (nSPS) is 22.5. The van der Waals surface area contributed by atoms with Gasteiger partial charge in [0.2, 0.25) is 0 Å². The van der Waals surface area contributed by atoms with Crippen LogP contribution in [-0.2, 0) is 18.9 Å². The molecule has 0 aromatic heterocycles. The van der Waals surface area contributed by atoms with Gasteiger partial charge >= 0.3 is 0 Å². The number of methoxy groups -OCH3 is 2. The van der Waals surface area contributed by atoms with Crippen LogP contribution in [0.15, 0.2) is 0 Å². The van der Waals surface area contributed by atoms with E-state index in [4.69, 9.17) is 18.9 Å². The lowest BCUT2D eigenvalue weighted by Crippen LogP contribution is -2.32. The van der Waals surface area contributed by atoms with Crippen LogP contribution in [0, 0.1) is 0 Å². The highest BCUT2D eigenvalue weighted by Gasteiger charge is 2.25. The Morgan fingerprint density at radius 3 is 1.46 bits per heavy atom. The molecular formula is C18H36N2O4. The Labute approximate surface area is 147 Å². The van der Waals surface area contributed by atoms with Gasteiger partial charge in [-0.2, -0.15) is 0 Å². The Morgan fingerprint density at radius 2 is 1.12 bits per heavy atom. The van der Waals surface area contributed by atoms with Crippen molar-refractivity contribution in [3.8, 4) is 0 Å². The summed E-state index contributed by atoms with van der Waals surface area (Å²) in [6.07, 6.45) is 6.07. The van der Waals surface area contributed by atoms with E-state index in [1.165, 1.54) is 25.7 Å². The summed E-state index contributed by atoms with van der Waals surface area (Å²) in [6, 6.07) is 0. The van der Waals surface area contributed by atoms with Gasteiger partial charge in [0.25, 0.3) is 0 Å². The topological polar surface area (TPSA) is 50.0 Å². The van der Waals surface area contributed by atoms with Crippen LogP contribution >= 0.6 is 0 Å². The molecule has 0 aliphatic carbocycles. The first-order valence-electron chi connectivity index (χ1n) is 9.47. The van der Waals surface area contributed by atoms with Crippen LogP contribution in [0.4, 0.5) is 0 Å². The third kappa shape index (κ3) is 9.91. The van der Waals surface area contributed by atoms with E-state index in [0.29, 0.717) is 12.2 Å². The number of ether oxygens (including phenoxy) is 4. The zero-order valence-corrected chi connectivity index (χ0v) is 15.6. The van der Waals surface area contributed by atoms with Crippen molar-refractivity contribution in [1.82, 2.24) is 9.80 Å². The predicted molar refractivity (Wildman–Crippen MR) is 94.6 cm³/mol. The van der Waals surface area contributed by atoms with Crippen molar-refractivity contribution in [2.24, 2.45) is 0 Å². The number of nitrogens with zero attached hydrogens (tertiary/aromatic N) is 2. The monoisotopic (exact) mass is 344 g/mol. The Kier molecular flexibility index (Phi) is 10.2. The van der Waals surface area contributed by atoms with E-state index in [1.807, 2.05) is 0 Å². The minimum absolute atomic E-state index is 0.473. The van der Waals surface area contributed by atoms with Gasteiger partial charge in [-0.1, -0.05) is 12.8 Å². The average molecular weight is 344 g/mol. The number of unbranched alkanes of at least 4 members (excludes halogenated alkanes) is 3. The molecule has 2 aliphatic heterocycles. The summed E-state index contributed by atoms with van der Waals surface area (Å²) < 4.78 is 21.1. The summed E-state index contributed by atoms with van der Waals surface area (Å²) >= 11 is 0. The molecule has 0 spiro atoms. The zero-order chi connectivity index (χ0) is 17.0. The summed E-state index contributed by atoms with van der Waals surface area (Å²) in [5.41, 5.74) is 0. The summed E-state index contributed by atoms with van der Waals surface area (Å²) in [4.78, 5) is 4.97. The van der Waals surface area contributed by atoms with Crippen LogP contribution in [0.25, 0.3) is 0 Å². The second-order valence-electron chi connectivity index (χ2n) is 6.91. The van der Waals surface area contributed by atoms with Gasteiger partial charge in [-0.3, -0.25) is 9.80 Å². The molecular weight excluding hydrogens is 308 g/mol. The molecule has 6 nitrogen and oxygen atoms in total. The number of epoxide rings is 2. The number of hydrogen-bond donors (Lipinski definition) is 0. The highest BCUT2D eigenvalue weighted by Crippen LogP contribution is 2.13. The molecule has 2 aliphatic rings. The van der Waals surface area contributed by atoms with Crippen LogP contribution in [-0.4, -0.2) is 102 Å². The maximum absolute atomic E-state index is 5.35. The summed E-state index contributed by atoms with van der Waals surface area (Å²) in [6.45, 7) is 9.97. The van der Waals surface area contributed by atoms with Gasteiger partial charge in [-0.05, 0) is 25.9 Å². The van der Waals surface area contributed by atoms with E-state index in [2.05, 4.69) is 9.80 Å². The number of rotatable bonds is 17. The fraction of sp³-hybridized carbons (Fsp3) is 1.00. The lowest BCUT2D eigenvalue weighted by molar-refractivity contribution is 0.137. The molecule has 2 unspecified atom stereocenters. The Hall–Kier alpha value is -0.240. The molecule has 2 heterocycles. The van der Waals surface area contributed by atoms with Crippen molar-refractivity contribution in [3.63, 3.8) is 0 Å². The first kappa shape index (κ1) is 20.1. The molecule has 0 radical (unpaired) electrons. The Bertz CT molecular complexity index is 281. The highest BCUT2D eigenvalue weighted by atomic mass is 16.6. The number of hydrogen-bond acceptors (Lipinski definition) is 6. The lowest BCUT2D eigenvalue weighted by atomic mass is 10.1. The molecule has 142 valence electrons. The summed E-state index contributed by atoms with van der Waals surface area (Å²) in [5.74, 6) is 0. The average Bonchev–Trinajstić information content (AvgIpc) is 3.48. The minimum Gasteiger partial charge on any atom is -0.383 e. The third-order valence-electron chi connectivity index (χ3n) is 4.65. The molecule has 2 saturated heterocycles. The van der Waals surface area contributed by atoms with Crippen LogP contribution in [0.3, 0.4) is 0 Å². The quantitative estimate of drug-likeness (QED) is 0.292. The third-order valence-corrected chi connectivity index (χ3v) is 4.65. The van der Waals surface area contributed by atoms with E-state index in [-0.39, 0.29) is 0 Å². The molecule has 24 heavy (non-hydrogen) atoms. The van der Waals surface area contributed by atoms with Gasteiger partial charge in [-0.25, -0.2) is 0 Å². The molecule has 0 aromatic rings. The van der Waals surface area contributed by atoms with E-state index >= 15 is 0 Å². The smallest absolute Gasteiger partial charge is 0.0936 e. The van der Waals surface area contributed by atoms with Crippen LogP contribution in [0.5, 0.6) is 0 Å². The fourth-order valence-electron chi connectivity index (χ4n) is 2.98. The van der Waals surface area contributed by atoms with Crippen molar-refractivity contribution in [3.05, 3.63) is 0 Å². The summed E-state index contributed by atoms with van der Waals surface area (Å²) in [5, 5.41) is 0. The molecule has 0 saturated carbocycles. The van der Waals surface area contributed by atoms with Crippen molar-refractivity contribution in [2.75, 3.05) is 79.9 Å². The van der Waals surface area contributed by atoms with Gasteiger partial charge in [0.1, 0.15) is 0 Å². The largest absolute Gasteiger partial charge is 0.383 e. The zero-order valence-electron chi connectivity index (χ0n) is 15.6. The van der Waals surface area contributed by atoms with Crippen LogP contribution in [0.2, 0.25) is 0 Å². The van der Waals surface area contributed by atoms with E-state index < -0.39 is 0 Å². The lowest BCUT2D eigenvalue weighted by Gasteiger charge is -2.22. The van der Waals surface area contributed by atoms with Gasteiger partial charge < -0.3 is 18.9 Å². The minimum atomic E-state index is 0.473. The Morgan fingerprint density at radius 1 is 0.708 bits per heavy atom. The second kappa shape index (κ2) is 12.2.